The van der Waals surface area contributed by atoms with Gasteiger partial charge in [0.1, 0.15) is 0 Å². The highest BCUT2D eigenvalue weighted by Crippen LogP contribution is 2.23. The van der Waals surface area contributed by atoms with Crippen LogP contribution in [0, 0.1) is 11.8 Å². The molecular weight excluding hydrogens is 148 g/mol. The Morgan fingerprint density at radius 2 is 1.75 bits per heavy atom. The third-order valence-electron chi connectivity index (χ3n) is 3.04. The van der Waals surface area contributed by atoms with Crippen LogP contribution >= 0.6 is 0 Å². The summed E-state index contributed by atoms with van der Waals surface area (Å²) < 4.78 is 0. The van der Waals surface area contributed by atoms with Crippen LogP contribution in [0.4, 0.5) is 0 Å². The molecule has 0 radical (unpaired) electrons. The van der Waals surface area contributed by atoms with Crippen molar-refractivity contribution in [3.8, 4) is 0 Å². The van der Waals surface area contributed by atoms with Crippen LogP contribution in [0.15, 0.2) is 0 Å². The summed E-state index contributed by atoms with van der Waals surface area (Å²) in [6, 6.07) is 0. The Balaban J connectivity index is 3.67. The maximum atomic E-state index is 9.75. The number of hydrogen-bond acceptors (Lipinski definition) is 1. The molecule has 0 saturated carbocycles. The van der Waals surface area contributed by atoms with Crippen molar-refractivity contribution in [2.75, 3.05) is 0 Å². The molecular formula is C11H24O. The molecule has 0 heterocycles. The number of rotatable bonds is 5. The first-order valence-electron chi connectivity index (χ1n) is 5.11. The van der Waals surface area contributed by atoms with Crippen molar-refractivity contribution in [1.29, 1.82) is 0 Å². The van der Waals surface area contributed by atoms with Gasteiger partial charge in [-0.05, 0) is 38.0 Å². The molecule has 0 amide bonds. The van der Waals surface area contributed by atoms with Crippen LogP contribution in [0.3, 0.4) is 0 Å². The molecule has 0 aliphatic carbocycles. The fourth-order valence-corrected chi connectivity index (χ4v) is 1.05. The molecule has 0 fully saturated rings. The van der Waals surface area contributed by atoms with Crippen molar-refractivity contribution in [2.24, 2.45) is 11.8 Å². The van der Waals surface area contributed by atoms with Gasteiger partial charge in [-0.15, -0.1) is 0 Å². The van der Waals surface area contributed by atoms with Crippen LogP contribution in [0.1, 0.15) is 53.9 Å². The van der Waals surface area contributed by atoms with Gasteiger partial charge in [0.25, 0.3) is 0 Å². The zero-order valence-corrected chi connectivity index (χ0v) is 9.22. The summed E-state index contributed by atoms with van der Waals surface area (Å²) in [6.07, 6.45) is 2.93. The smallest absolute Gasteiger partial charge is 0.0617 e. The molecule has 1 nitrogen and oxygen atoms in total. The average molecular weight is 172 g/mol. The molecule has 1 heteroatoms. The number of aliphatic hydroxyl groups is 1. The summed E-state index contributed by atoms with van der Waals surface area (Å²) in [5, 5.41) is 9.75. The first-order chi connectivity index (χ1) is 5.39. The zero-order valence-electron chi connectivity index (χ0n) is 9.22. The van der Waals surface area contributed by atoms with Crippen LogP contribution in [0.25, 0.3) is 0 Å². The van der Waals surface area contributed by atoms with E-state index in [4.69, 9.17) is 0 Å². The number of hydrogen-bond donors (Lipinski definition) is 1. The fraction of sp³-hybridized carbons (Fsp3) is 1.00. The van der Waals surface area contributed by atoms with Gasteiger partial charge < -0.3 is 5.11 Å². The highest BCUT2D eigenvalue weighted by Gasteiger charge is 2.19. The Morgan fingerprint density at radius 3 is 2.08 bits per heavy atom. The summed E-state index contributed by atoms with van der Waals surface area (Å²) in [7, 11) is 0. The van der Waals surface area contributed by atoms with Gasteiger partial charge in [0.2, 0.25) is 0 Å². The predicted molar refractivity (Wildman–Crippen MR) is 54.2 cm³/mol. The van der Waals surface area contributed by atoms with Gasteiger partial charge in [-0.25, -0.2) is 0 Å². The molecule has 0 bridgehead atoms. The summed E-state index contributed by atoms with van der Waals surface area (Å²) in [6.45, 7) is 10.7. The minimum Gasteiger partial charge on any atom is -0.390 e. The second-order valence-corrected chi connectivity index (χ2v) is 4.61. The Morgan fingerprint density at radius 1 is 1.25 bits per heavy atom. The summed E-state index contributed by atoms with van der Waals surface area (Å²) in [5.41, 5.74) is -0.441. The predicted octanol–water partition coefficient (Wildman–Crippen LogP) is 3.22. The second kappa shape index (κ2) is 4.86. The Hall–Kier alpha value is -0.0400. The van der Waals surface area contributed by atoms with Gasteiger partial charge in [0.05, 0.1) is 5.60 Å². The van der Waals surface area contributed by atoms with E-state index >= 15 is 0 Å². The Bertz CT molecular complexity index is 116. The van der Waals surface area contributed by atoms with E-state index in [2.05, 4.69) is 20.8 Å². The third-order valence-corrected chi connectivity index (χ3v) is 3.04. The van der Waals surface area contributed by atoms with E-state index < -0.39 is 5.60 Å². The van der Waals surface area contributed by atoms with E-state index in [1.807, 2.05) is 13.8 Å². The van der Waals surface area contributed by atoms with Crippen LogP contribution < -0.4 is 0 Å². The molecule has 0 aliphatic heterocycles. The summed E-state index contributed by atoms with van der Waals surface area (Å²) in [5.74, 6) is 1.46. The van der Waals surface area contributed by atoms with Crippen molar-refractivity contribution in [3.05, 3.63) is 0 Å². The molecule has 0 aromatic rings. The van der Waals surface area contributed by atoms with E-state index in [0.29, 0.717) is 0 Å². The molecule has 1 N–H and O–H groups in total. The monoisotopic (exact) mass is 172 g/mol. The topological polar surface area (TPSA) is 20.2 Å². The van der Waals surface area contributed by atoms with E-state index in [9.17, 15) is 5.11 Å². The second-order valence-electron chi connectivity index (χ2n) is 4.61. The lowest BCUT2D eigenvalue weighted by Crippen LogP contribution is -2.24. The lowest BCUT2D eigenvalue weighted by Gasteiger charge is -2.24. The van der Waals surface area contributed by atoms with Gasteiger partial charge in [0.15, 0.2) is 0 Å². The molecule has 0 spiro atoms. The lowest BCUT2D eigenvalue weighted by molar-refractivity contribution is 0.0390. The first kappa shape index (κ1) is 12.0. The van der Waals surface area contributed by atoms with Crippen molar-refractivity contribution in [1.82, 2.24) is 0 Å². The average Bonchev–Trinajstić information content (AvgIpc) is 2.00. The van der Waals surface area contributed by atoms with Gasteiger partial charge in [-0.1, -0.05) is 27.7 Å². The van der Waals surface area contributed by atoms with Crippen molar-refractivity contribution in [2.45, 2.75) is 59.5 Å². The molecule has 0 rings (SSSR count). The van der Waals surface area contributed by atoms with Crippen LogP contribution in [-0.2, 0) is 0 Å². The standard InChI is InChI=1S/C11H24O/c1-6-11(5,12)8-7-10(4)9(2)3/h9-10,12H,6-8H2,1-5H3. The van der Waals surface area contributed by atoms with Gasteiger partial charge in [-0.3, -0.25) is 0 Å². The molecule has 0 aromatic carbocycles. The van der Waals surface area contributed by atoms with Gasteiger partial charge in [0, 0.05) is 0 Å². The van der Waals surface area contributed by atoms with Gasteiger partial charge >= 0.3 is 0 Å². The van der Waals surface area contributed by atoms with Crippen LogP contribution in [-0.4, -0.2) is 10.7 Å². The zero-order chi connectivity index (χ0) is 9.78. The third kappa shape index (κ3) is 4.76. The molecule has 0 saturated heterocycles. The normalized spacial score (nSPS) is 19.2. The summed E-state index contributed by atoms with van der Waals surface area (Å²) >= 11 is 0. The van der Waals surface area contributed by atoms with Crippen LogP contribution in [0.5, 0.6) is 0 Å². The first-order valence-corrected chi connectivity index (χ1v) is 5.11. The van der Waals surface area contributed by atoms with E-state index in [1.54, 1.807) is 0 Å². The van der Waals surface area contributed by atoms with Crippen LogP contribution in [0.2, 0.25) is 0 Å². The van der Waals surface area contributed by atoms with E-state index in [-0.39, 0.29) is 0 Å². The quantitative estimate of drug-likeness (QED) is 0.675. The molecule has 0 aliphatic rings. The highest BCUT2D eigenvalue weighted by atomic mass is 16.3. The van der Waals surface area contributed by atoms with Crippen molar-refractivity contribution in [3.63, 3.8) is 0 Å². The minimum absolute atomic E-state index is 0.441. The van der Waals surface area contributed by atoms with E-state index in [0.717, 1.165) is 31.1 Å². The molecule has 2 unspecified atom stereocenters. The van der Waals surface area contributed by atoms with Crippen molar-refractivity contribution < 1.29 is 5.11 Å². The highest BCUT2D eigenvalue weighted by molar-refractivity contribution is 4.72. The minimum atomic E-state index is -0.441. The summed E-state index contributed by atoms with van der Waals surface area (Å²) in [4.78, 5) is 0. The largest absolute Gasteiger partial charge is 0.390 e. The molecule has 2 atom stereocenters. The SMILES string of the molecule is CCC(C)(O)CCC(C)C(C)C. The van der Waals surface area contributed by atoms with Crippen molar-refractivity contribution >= 4 is 0 Å². The fourth-order valence-electron chi connectivity index (χ4n) is 1.05. The lowest BCUT2D eigenvalue weighted by atomic mass is 9.87. The maximum absolute atomic E-state index is 9.75. The molecule has 0 aromatic heterocycles. The Labute approximate surface area is 77.2 Å². The van der Waals surface area contributed by atoms with Gasteiger partial charge in [-0.2, -0.15) is 0 Å². The maximum Gasteiger partial charge on any atom is 0.0617 e. The molecule has 74 valence electrons. The molecule has 12 heavy (non-hydrogen) atoms. The Kier molecular flexibility index (Phi) is 4.84. The van der Waals surface area contributed by atoms with E-state index in [1.165, 1.54) is 0 Å².